The van der Waals surface area contributed by atoms with Crippen molar-refractivity contribution in [1.82, 2.24) is 9.97 Å². The minimum Gasteiger partial charge on any atom is -0.236 e. The van der Waals surface area contributed by atoms with Gasteiger partial charge in [-0.05, 0) is 73.5 Å². The Bertz CT molecular complexity index is 1920. The van der Waals surface area contributed by atoms with Crippen LogP contribution in [0.25, 0.3) is 66.3 Å². The van der Waals surface area contributed by atoms with Crippen LogP contribution in [0.15, 0.2) is 140 Å². The lowest BCUT2D eigenvalue weighted by molar-refractivity contribution is 1.14. The van der Waals surface area contributed by atoms with Crippen LogP contribution in [-0.2, 0) is 0 Å². The zero-order valence-electron chi connectivity index (χ0n) is 21.7. The number of aromatic nitrogens is 2. The zero-order valence-corrected chi connectivity index (χ0v) is 21.7. The maximum absolute atomic E-state index is 4.49. The first-order valence-electron chi connectivity index (χ1n) is 13.2. The summed E-state index contributed by atoms with van der Waals surface area (Å²) in [6.07, 6.45) is 3.72. The molecule has 7 rings (SSSR count). The van der Waals surface area contributed by atoms with E-state index in [0.717, 1.165) is 17.0 Å². The number of rotatable bonds is 4. The van der Waals surface area contributed by atoms with Gasteiger partial charge in [-0.2, -0.15) is 0 Å². The van der Waals surface area contributed by atoms with Gasteiger partial charge in [-0.1, -0.05) is 121 Å². The van der Waals surface area contributed by atoms with E-state index in [0.29, 0.717) is 0 Å². The van der Waals surface area contributed by atoms with E-state index < -0.39 is 0 Å². The SMILES string of the molecule is Cc1cnc(-c2ccc(-c3ccc4c(-c5ccccc5)c5ccccc5c(-c5ccccc5)c4c3)cc2)nc1. The van der Waals surface area contributed by atoms with E-state index in [1.807, 2.05) is 19.3 Å². The summed E-state index contributed by atoms with van der Waals surface area (Å²) in [5, 5.41) is 5.04. The van der Waals surface area contributed by atoms with E-state index >= 15 is 0 Å². The summed E-state index contributed by atoms with van der Waals surface area (Å²) in [4.78, 5) is 8.99. The van der Waals surface area contributed by atoms with Gasteiger partial charge in [0.1, 0.15) is 0 Å². The fraction of sp³-hybridized carbons (Fsp3) is 0.0270. The molecule has 0 saturated heterocycles. The molecule has 0 unspecified atom stereocenters. The number of hydrogen-bond acceptors (Lipinski definition) is 2. The van der Waals surface area contributed by atoms with E-state index in [4.69, 9.17) is 0 Å². The van der Waals surface area contributed by atoms with Crippen molar-refractivity contribution in [3.05, 3.63) is 145 Å². The van der Waals surface area contributed by atoms with Gasteiger partial charge in [0.2, 0.25) is 0 Å². The molecule has 0 fully saturated rings. The Hall–Kier alpha value is -5.08. The largest absolute Gasteiger partial charge is 0.236 e. The summed E-state index contributed by atoms with van der Waals surface area (Å²) in [7, 11) is 0. The highest BCUT2D eigenvalue weighted by Gasteiger charge is 2.17. The Morgan fingerprint density at radius 3 is 1.44 bits per heavy atom. The van der Waals surface area contributed by atoms with E-state index in [1.54, 1.807) is 0 Å². The summed E-state index contributed by atoms with van der Waals surface area (Å²) in [6, 6.07) is 45.7. The van der Waals surface area contributed by atoms with Crippen LogP contribution >= 0.6 is 0 Å². The second kappa shape index (κ2) is 9.66. The van der Waals surface area contributed by atoms with Gasteiger partial charge in [-0.25, -0.2) is 9.97 Å². The van der Waals surface area contributed by atoms with Crippen LogP contribution in [0.4, 0.5) is 0 Å². The molecule has 0 aliphatic carbocycles. The van der Waals surface area contributed by atoms with Crippen LogP contribution in [0.5, 0.6) is 0 Å². The van der Waals surface area contributed by atoms with Gasteiger partial charge in [-0.15, -0.1) is 0 Å². The predicted octanol–water partition coefficient (Wildman–Crippen LogP) is 9.76. The molecule has 1 heterocycles. The Balaban J connectivity index is 1.48. The Morgan fingerprint density at radius 2 is 0.846 bits per heavy atom. The van der Waals surface area contributed by atoms with E-state index in [-0.39, 0.29) is 0 Å². The van der Waals surface area contributed by atoms with Crippen molar-refractivity contribution >= 4 is 21.5 Å². The lowest BCUT2D eigenvalue weighted by Crippen LogP contribution is -1.92. The molecule has 0 amide bonds. The van der Waals surface area contributed by atoms with Crippen molar-refractivity contribution in [2.75, 3.05) is 0 Å². The Kier molecular flexibility index (Phi) is 5.71. The smallest absolute Gasteiger partial charge is 0.159 e. The van der Waals surface area contributed by atoms with Crippen LogP contribution < -0.4 is 0 Å². The van der Waals surface area contributed by atoms with Crippen molar-refractivity contribution in [2.24, 2.45) is 0 Å². The fourth-order valence-electron chi connectivity index (χ4n) is 5.54. The highest BCUT2D eigenvalue weighted by Crippen LogP contribution is 2.44. The molecular formula is C37H26N2. The maximum Gasteiger partial charge on any atom is 0.159 e. The van der Waals surface area contributed by atoms with Crippen LogP contribution in [-0.4, -0.2) is 9.97 Å². The predicted molar refractivity (Wildman–Crippen MR) is 164 cm³/mol. The highest BCUT2D eigenvalue weighted by atomic mass is 14.9. The first kappa shape index (κ1) is 23.1. The molecule has 0 N–H and O–H groups in total. The molecule has 0 bridgehead atoms. The average molecular weight is 499 g/mol. The van der Waals surface area contributed by atoms with Crippen LogP contribution in [0, 0.1) is 6.92 Å². The van der Waals surface area contributed by atoms with Crippen molar-refractivity contribution in [1.29, 1.82) is 0 Å². The molecule has 6 aromatic carbocycles. The average Bonchev–Trinajstić information content (AvgIpc) is 3.01. The molecule has 184 valence electrons. The number of fused-ring (bicyclic) bond motifs is 2. The highest BCUT2D eigenvalue weighted by molar-refractivity contribution is 6.21. The summed E-state index contributed by atoms with van der Waals surface area (Å²) >= 11 is 0. The second-order valence-corrected chi connectivity index (χ2v) is 9.95. The van der Waals surface area contributed by atoms with E-state index in [2.05, 4.69) is 137 Å². The number of aryl methyl sites for hydroxylation is 1. The van der Waals surface area contributed by atoms with Crippen LogP contribution in [0.1, 0.15) is 5.56 Å². The standard InChI is InChI=1S/C37H26N2/c1-25-23-38-37(39-24-25)29-18-16-26(17-19-29)30-20-21-33-34(22-30)36(28-12-6-3-7-13-28)32-15-9-8-14-31(32)35(33)27-10-4-2-5-11-27/h2-24H,1H3. The van der Waals surface area contributed by atoms with E-state index in [1.165, 1.54) is 54.9 Å². The minimum absolute atomic E-state index is 0.746. The number of benzene rings is 6. The monoisotopic (exact) mass is 498 g/mol. The number of nitrogens with zero attached hydrogens (tertiary/aromatic N) is 2. The van der Waals surface area contributed by atoms with Crippen LogP contribution in [0.2, 0.25) is 0 Å². The van der Waals surface area contributed by atoms with Gasteiger partial charge in [0.15, 0.2) is 5.82 Å². The van der Waals surface area contributed by atoms with Crippen molar-refractivity contribution in [2.45, 2.75) is 6.92 Å². The minimum atomic E-state index is 0.746. The lowest BCUT2D eigenvalue weighted by Gasteiger charge is -2.18. The molecule has 0 spiro atoms. The molecule has 39 heavy (non-hydrogen) atoms. The first-order valence-corrected chi connectivity index (χ1v) is 13.2. The maximum atomic E-state index is 4.49. The fourth-order valence-corrected chi connectivity index (χ4v) is 5.54. The quantitative estimate of drug-likeness (QED) is 0.226. The van der Waals surface area contributed by atoms with Gasteiger partial charge in [0.25, 0.3) is 0 Å². The van der Waals surface area contributed by atoms with Crippen LogP contribution in [0.3, 0.4) is 0 Å². The van der Waals surface area contributed by atoms with Gasteiger partial charge >= 0.3 is 0 Å². The van der Waals surface area contributed by atoms with Crippen molar-refractivity contribution in [3.63, 3.8) is 0 Å². The second-order valence-electron chi connectivity index (χ2n) is 9.95. The Labute approximate surface area is 228 Å². The molecule has 0 aliphatic heterocycles. The molecule has 1 aromatic heterocycles. The van der Waals surface area contributed by atoms with Crippen molar-refractivity contribution < 1.29 is 0 Å². The molecule has 0 atom stereocenters. The van der Waals surface area contributed by atoms with Gasteiger partial charge in [0, 0.05) is 18.0 Å². The topological polar surface area (TPSA) is 25.8 Å². The third kappa shape index (κ3) is 4.17. The van der Waals surface area contributed by atoms with E-state index in [9.17, 15) is 0 Å². The van der Waals surface area contributed by atoms with Gasteiger partial charge < -0.3 is 0 Å². The number of hydrogen-bond donors (Lipinski definition) is 0. The van der Waals surface area contributed by atoms with Crippen molar-refractivity contribution in [3.8, 4) is 44.8 Å². The molecule has 0 radical (unpaired) electrons. The summed E-state index contributed by atoms with van der Waals surface area (Å²) in [5.74, 6) is 0.746. The molecule has 2 heteroatoms. The molecular weight excluding hydrogens is 472 g/mol. The third-order valence-electron chi connectivity index (χ3n) is 7.41. The summed E-state index contributed by atoms with van der Waals surface area (Å²) in [6.45, 7) is 2.00. The zero-order chi connectivity index (χ0) is 26.2. The summed E-state index contributed by atoms with van der Waals surface area (Å²) in [5.41, 5.74) is 9.43. The molecule has 0 saturated carbocycles. The van der Waals surface area contributed by atoms with Gasteiger partial charge in [-0.3, -0.25) is 0 Å². The summed E-state index contributed by atoms with van der Waals surface area (Å²) < 4.78 is 0. The molecule has 7 aromatic rings. The Morgan fingerprint density at radius 1 is 0.385 bits per heavy atom. The molecule has 0 aliphatic rings. The third-order valence-corrected chi connectivity index (χ3v) is 7.41. The van der Waals surface area contributed by atoms with Gasteiger partial charge in [0.05, 0.1) is 0 Å². The lowest BCUT2D eigenvalue weighted by atomic mass is 9.85. The normalized spacial score (nSPS) is 11.2. The molecule has 2 nitrogen and oxygen atoms in total. The first-order chi connectivity index (χ1) is 19.3.